The molecule has 0 atom stereocenters. The fourth-order valence-corrected chi connectivity index (χ4v) is 4.32. The molecule has 1 fully saturated rings. The van der Waals surface area contributed by atoms with Gasteiger partial charge in [-0.3, -0.25) is 9.69 Å². The van der Waals surface area contributed by atoms with Crippen molar-refractivity contribution in [3.05, 3.63) is 76.1 Å². The molecule has 32 heavy (non-hydrogen) atoms. The highest BCUT2D eigenvalue weighted by atomic mass is 35.5. The number of carbonyl (C=O) groups excluding carboxylic acids is 1. The number of halogens is 1. The van der Waals surface area contributed by atoms with Gasteiger partial charge in [0, 0.05) is 29.6 Å². The zero-order valence-corrected chi connectivity index (χ0v) is 19.5. The molecule has 0 saturated carbocycles. The van der Waals surface area contributed by atoms with Crippen LogP contribution in [0.15, 0.2) is 52.9 Å². The second-order valence-corrected chi connectivity index (χ2v) is 8.99. The minimum atomic E-state index is 0.0809. The van der Waals surface area contributed by atoms with Crippen LogP contribution < -0.4 is 5.32 Å². The molecule has 4 rings (SSSR count). The summed E-state index contributed by atoms with van der Waals surface area (Å²) in [5.74, 6) is 1.80. The van der Waals surface area contributed by atoms with Gasteiger partial charge in [-0.1, -0.05) is 41.9 Å². The fourth-order valence-electron chi connectivity index (χ4n) is 4.19. The average molecular weight is 452 g/mol. The molecule has 0 radical (unpaired) electrons. The van der Waals surface area contributed by atoms with Gasteiger partial charge in [0.15, 0.2) is 0 Å². The fraction of sp³-hybridized carbons (Fsp3) is 0.385. The number of aromatic nitrogens is 1. The Kier molecular flexibility index (Phi) is 7.28. The lowest BCUT2D eigenvalue weighted by Crippen LogP contribution is -2.40. The highest BCUT2D eigenvalue weighted by Crippen LogP contribution is 2.26. The maximum absolute atomic E-state index is 12.6. The van der Waals surface area contributed by atoms with Gasteiger partial charge in [-0.05, 0) is 75.5 Å². The Hall–Kier alpha value is -2.63. The van der Waals surface area contributed by atoms with Gasteiger partial charge in [-0.15, -0.1) is 0 Å². The molecular formula is C26H30ClN3O2. The lowest BCUT2D eigenvalue weighted by atomic mass is 9.95. The van der Waals surface area contributed by atoms with Gasteiger partial charge in [-0.25, -0.2) is 4.98 Å². The molecule has 6 heteroatoms. The van der Waals surface area contributed by atoms with E-state index < -0.39 is 0 Å². The van der Waals surface area contributed by atoms with E-state index in [0.29, 0.717) is 12.4 Å². The van der Waals surface area contributed by atoms with Crippen LogP contribution in [0.5, 0.6) is 0 Å². The summed E-state index contributed by atoms with van der Waals surface area (Å²) in [5, 5.41) is 3.83. The van der Waals surface area contributed by atoms with Crippen LogP contribution in [0.3, 0.4) is 0 Å². The third kappa shape index (κ3) is 5.59. The molecule has 0 bridgehead atoms. The van der Waals surface area contributed by atoms with E-state index in [0.717, 1.165) is 66.5 Å². The Morgan fingerprint density at radius 2 is 1.84 bits per heavy atom. The number of likely N-dealkylation sites (tertiary alicyclic amines) is 1. The quantitative estimate of drug-likeness (QED) is 0.537. The largest absolute Gasteiger partial charge is 0.441 e. The number of nitrogens with zero attached hydrogens (tertiary/aromatic N) is 2. The number of hydrogen-bond donors (Lipinski definition) is 1. The summed E-state index contributed by atoms with van der Waals surface area (Å²) in [6.45, 7) is 7.24. The maximum Gasteiger partial charge on any atom is 0.226 e. The topological polar surface area (TPSA) is 58.4 Å². The minimum Gasteiger partial charge on any atom is -0.441 e. The number of nitrogens with one attached hydrogen (secondary N) is 1. The predicted molar refractivity (Wildman–Crippen MR) is 128 cm³/mol. The lowest BCUT2D eigenvalue weighted by Gasteiger charge is -2.30. The van der Waals surface area contributed by atoms with Crippen molar-refractivity contribution >= 4 is 17.5 Å². The molecular weight excluding hydrogens is 422 g/mol. The van der Waals surface area contributed by atoms with Gasteiger partial charge in [0.1, 0.15) is 5.76 Å². The van der Waals surface area contributed by atoms with Crippen molar-refractivity contribution in [3.8, 4) is 11.5 Å². The number of amides is 1. The molecule has 1 amide bonds. The van der Waals surface area contributed by atoms with E-state index in [9.17, 15) is 4.79 Å². The highest BCUT2D eigenvalue weighted by molar-refractivity contribution is 6.30. The third-order valence-electron chi connectivity index (χ3n) is 6.23. The number of hydrogen-bond acceptors (Lipinski definition) is 4. The second kappa shape index (κ2) is 10.3. The summed E-state index contributed by atoms with van der Waals surface area (Å²) in [4.78, 5) is 19.7. The molecule has 0 unspecified atom stereocenters. The Balaban J connectivity index is 1.25. The Morgan fingerprint density at radius 1 is 1.12 bits per heavy atom. The van der Waals surface area contributed by atoms with Crippen molar-refractivity contribution in [3.63, 3.8) is 0 Å². The van der Waals surface area contributed by atoms with Crippen molar-refractivity contribution in [1.82, 2.24) is 15.2 Å². The van der Waals surface area contributed by atoms with E-state index in [4.69, 9.17) is 21.0 Å². The highest BCUT2D eigenvalue weighted by Gasteiger charge is 2.26. The molecule has 1 aliphatic rings. The van der Waals surface area contributed by atoms with Crippen molar-refractivity contribution in [2.45, 2.75) is 39.7 Å². The van der Waals surface area contributed by atoms with E-state index in [1.807, 2.05) is 49.4 Å². The summed E-state index contributed by atoms with van der Waals surface area (Å²) < 4.78 is 5.96. The van der Waals surface area contributed by atoms with E-state index in [2.05, 4.69) is 23.2 Å². The van der Waals surface area contributed by atoms with Gasteiger partial charge in [0.05, 0.1) is 5.69 Å². The predicted octanol–water partition coefficient (Wildman–Crippen LogP) is 5.18. The third-order valence-corrected chi connectivity index (χ3v) is 6.48. The summed E-state index contributed by atoms with van der Waals surface area (Å²) in [6, 6.07) is 15.9. The summed E-state index contributed by atoms with van der Waals surface area (Å²) in [7, 11) is 0. The van der Waals surface area contributed by atoms with Crippen molar-refractivity contribution in [2.75, 3.05) is 19.6 Å². The molecule has 0 aliphatic carbocycles. The van der Waals surface area contributed by atoms with Crippen molar-refractivity contribution in [1.29, 1.82) is 0 Å². The molecule has 1 N–H and O–H groups in total. The van der Waals surface area contributed by atoms with Crippen LogP contribution in [0.1, 0.15) is 35.4 Å². The molecule has 2 aromatic carbocycles. The number of carbonyl (C=O) groups is 1. The van der Waals surface area contributed by atoms with Crippen LogP contribution in [0.25, 0.3) is 11.5 Å². The number of piperidine rings is 1. The summed E-state index contributed by atoms with van der Waals surface area (Å²) in [6.07, 6.45) is 2.55. The Bertz CT molecular complexity index is 1050. The minimum absolute atomic E-state index is 0.0809. The van der Waals surface area contributed by atoms with Crippen molar-refractivity contribution < 1.29 is 9.21 Å². The molecule has 0 spiro atoms. The molecule has 5 nitrogen and oxygen atoms in total. The first-order valence-electron chi connectivity index (χ1n) is 11.3. The molecule has 1 aromatic heterocycles. The molecule has 1 saturated heterocycles. The van der Waals surface area contributed by atoms with Crippen LogP contribution in [0.4, 0.5) is 0 Å². The van der Waals surface area contributed by atoms with Crippen LogP contribution in [-0.4, -0.2) is 35.4 Å². The van der Waals surface area contributed by atoms with Crippen LogP contribution in [-0.2, 0) is 17.8 Å². The van der Waals surface area contributed by atoms with E-state index in [1.54, 1.807) is 0 Å². The second-order valence-electron chi connectivity index (χ2n) is 8.55. The van der Waals surface area contributed by atoms with Crippen LogP contribution >= 0.6 is 11.6 Å². The van der Waals surface area contributed by atoms with Crippen molar-refractivity contribution in [2.24, 2.45) is 5.92 Å². The zero-order valence-electron chi connectivity index (χ0n) is 18.7. The monoisotopic (exact) mass is 451 g/mol. The molecule has 1 aliphatic heterocycles. The Labute approximate surface area is 194 Å². The summed E-state index contributed by atoms with van der Waals surface area (Å²) >= 11 is 5.92. The molecule has 2 heterocycles. The lowest BCUT2D eigenvalue weighted by molar-refractivity contribution is -0.126. The number of rotatable bonds is 7. The number of benzene rings is 2. The van der Waals surface area contributed by atoms with E-state index in [1.165, 1.54) is 5.56 Å². The number of aryl methyl sites for hydroxylation is 2. The van der Waals surface area contributed by atoms with Crippen LogP contribution in [0, 0.1) is 19.8 Å². The van der Waals surface area contributed by atoms with E-state index in [-0.39, 0.29) is 11.8 Å². The van der Waals surface area contributed by atoms with Crippen LogP contribution in [0.2, 0.25) is 5.02 Å². The van der Waals surface area contributed by atoms with Gasteiger partial charge in [-0.2, -0.15) is 0 Å². The van der Waals surface area contributed by atoms with Gasteiger partial charge >= 0.3 is 0 Å². The first-order chi connectivity index (χ1) is 15.5. The molecule has 168 valence electrons. The summed E-state index contributed by atoms with van der Waals surface area (Å²) in [5.41, 5.74) is 4.35. The maximum atomic E-state index is 12.6. The molecule has 3 aromatic rings. The van der Waals surface area contributed by atoms with Gasteiger partial charge < -0.3 is 9.73 Å². The smallest absolute Gasteiger partial charge is 0.226 e. The first-order valence-corrected chi connectivity index (χ1v) is 11.6. The average Bonchev–Trinajstić information content (AvgIpc) is 3.15. The van der Waals surface area contributed by atoms with Gasteiger partial charge in [0.25, 0.3) is 0 Å². The van der Waals surface area contributed by atoms with E-state index >= 15 is 0 Å². The number of oxazole rings is 1. The Morgan fingerprint density at radius 3 is 2.56 bits per heavy atom. The zero-order chi connectivity index (χ0) is 22.5. The normalized spacial score (nSPS) is 15.1. The SMILES string of the molecule is Cc1ccccc1-c1nc(CN2CCC(C(=O)NCCc3ccc(Cl)cc3)CC2)c(C)o1. The first kappa shape index (κ1) is 22.6. The standard InChI is InChI=1S/C26H30ClN3O2/c1-18-5-3-4-6-23(18)26-29-24(19(2)32-26)17-30-15-12-21(13-16-30)25(31)28-14-11-20-7-9-22(27)10-8-20/h3-10,21H,11-17H2,1-2H3,(H,28,31). The van der Waals surface area contributed by atoms with Gasteiger partial charge in [0.2, 0.25) is 11.8 Å².